The second-order valence-electron chi connectivity index (χ2n) is 2.67. The van der Waals surface area contributed by atoms with Crippen molar-refractivity contribution in [1.82, 2.24) is 4.98 Å². The number of halogens is 2. The van der Waals surface area contributed by atoms with E-state index in [0.29, 0.717) is 18.0 Å². The third kappa shape index (κ3) is 3.27. The minimum atomic E-state index is -0.232. The molecule has 76 valence electrons. The average Bonchev–Trinajstić information content (AvgIpc) is 2.19. The standard InChI is InChI=1S/C9H9BrClNO2/c1-14-9(13)3-2-6-4-8(11)12-5-7(6)10/h4-5H,2-3H2,1H3. The maximum Gasteiger partial charge on any atom is 0.305 e. The molecule has 0 spiro atoms. The summed E-state index contributed by atoms with van der Waals surface area (Å²) in [6.45, 7) is 0. The Morgan fingerprint density at radius 2 is 2.43 bits per heavy atom. The van der Waals surface area contributed by atoms with Crippen LogP contribution in [0.3, 0.4) is 0 Å². The van der Waals surface area contributed by atoms with Gasteiger partial charge in [-0.15, -0.1) is 0 Å². The first-order valence-electron chi connectivity index (χ1n) is 4.00. The molecule has 0 aromatic carbocycles. The zero-order valence-corrected chi connectivity index (χ0v) is 9.93. The van der Waals surface area contributed by atoms with Gasteiger partial charge in [0.25, 0.3) is 0 Å². The van der Waals surface area contributed by atoms with Crippen LogP contribution in [-0.2, 0) is 16.0 Å². The molecule has 1 heterocycles. The van der Waals surface area contributed by atoms with E-state index < -0.39 is 0 Å². The van der Waals surface area contributed by atoms with E-state index in [0.717, 1.165) is 10.0 Å². The molecule has 0 saturated carbocycles. The number of hydrogen-bond donors (Lipinski definition) is 0. The highest BCUT2D eigenvalue weighted by atomic mass is 79.9. The summed E-state index contributed by atoms with van der Waals surface area (Å²) in [5.74, 6) is -0.232. The molecule has 0 amide bonds. The van der Waals surface area contributed by atoms with E-state index in [1.807, 2.05) is 0 Å². The van der Waals surface area contributed by atoms with Gasteiger partial charge >= 0.3 is 5.97 Å². The smallest absolute Gasteiger partial charge is 0.305 e. The van der Waals surface area contributed by atoms with Gasteiger partial charge < -0.3 is 4.74 Å². The lowest BCUT2D eigenvalue weighted by Crippen LogP contribution is -2.02. The first-order chi connectivity index (χ1) is 6.63. The van der Waals surface area contributed by atoms with Crippen LogP contribution in [0, 0.1) is 0 Å². The molecule has 0 unspecified atom stereocenters. The molecule has 5 heteroatoms. The summed E-state index contributed by atoms with van der Waals surface area (Å²) in [4.78, 5) is 14.8. The van der Waals surface area contributed by atoms with E-state index in [-0.39, 0.29) is 5.97 Å². The Balaban J connectivity index is 2.66. The lowest BCUT2D eigenvalue weighted by Gasteiger charge is -2.03. The largest absolute Gasteiger partial charge is 0.469 e. The fourth-order valence-electron chi connectivity index (χ4n) is 0.982. The van der Waals surface area contributed by atoms with Gasteiger partial charge in [0.1, 0.15) is 5.15 Å². The van der Waals surface area contributed by atoms with Gasteiger partial charge in [-0.3, -0.25) is 4.79 Å². The normalized spacial score (nSPS) is 9.93. The summed E-state index contributed by atoms with van der Waals surface area (Å²) in [5, 5.41) is 0.424. The van der Waals surface area contributed by atoms with Crippen LogP contribution in [0.15, 0.2) is 16.7 Å². The van der Waals surface area contributed by atoms with Crippen molar-refractivity contribution in [3.63, 3.8) is 0 Å². The highest BCUT2D eigenvalue weighted by Gasteiger charge is 2.05. The van der Waals surface area contributed by atoms with E-state index in [2.05, 4.69) is 25.7 Å². The maximum absolute atomic E-state index is 10.9. The lowest BCUT2D eigenvalue weighted by atomic mass is 10.1. The molecule has 0 atom stereocenters. The summed E-state index contributed by atoms with van der Waals surface area (Å²) in [5.41, 5.74) is 0.954. The molecular formula is C9H9BrClNO2. The highest BCUT2D eigenvalue weighted by molar-refractivity contribution is 9.10. The fourth-order valence-corrected chi connectivity index (χ4v) is 1.58. The van der Waals surface area contributed by atoms with Crippen LogP contribution < -0.4 is 0 Å². The molecule has 1 aromatic heterocycles. The first-order valence-corrected chi connectivity index (χ1v) is 5.17. The SMILES string of the molecule is COC(=O)CCc1cc(Cl)ncc1Br. The monoisotopic (exact) mass is 277 g/mol. The minimum Gasteiger partial charge on any atom is -0.469 e. The predicted molar refractivity (Wildman–Crippen MR) is 57.3 cm³/mol. The van der Waals surface area contributed by atoms with Crippen LogP contribution in [0.5, 0.6) is 0 Å². The van der Waals surface area contributed by atoms with Gasteiger partial charge in [0, 0.05) is 17.1 Å². The number of methoxy groups -OCH3 is 1. The third-order valence-electron chi connectivity index (χ3n) is 1.73. The molecule has 0 aliphatic heterocycles. The average molecular weight is 279 g/mol. The van der Waals surface area contributed by atoms with Gasteiger partial charge in [0.05, 0.1) is 7.11 Å². The molecule has 0 radical (unpaired) electrons. The number of esters is 1. The molecule has 1 aromatic rings. The Bertz CT molecular complexity index is 344. The zero-order chi connectivity index (χ0) is 10.6. The molecule has 0 N–H and O–H groups in total. The van der Waals surface area contributed by atoms with Gasteiger partial charge in [-0.05, 0) is 34.0 Å². The number of hydrogen-bond acceptors (Lipinski definition) is 3. The van der Waals surface area contributed by atoms with Crippen LogP contribution in [0.1, 0.15) is 12.0 Å². The first kappa shape index (κ1) is 11.5. The number of ether oxygens (including phenoxy) is 1. The van der Waals surface area contributed by atoms with Crippen molar-refractivity contribution >= 4 is 33.5 Å². The Morgan fingerprint density at radius 1 is 1.71 bits per heavy atom. The lowest BCUT2D eigenvalue weighted by molar-refractivity contribution is -0.140. The highest BCUT2D eigenvalue weighted by Crippen LogP contribution is 2.20. The number of rotatable bonds is 3. The molecule has 0 aliphatic carbocycles. The van der Waals surface area contributed by atoms with Crippen molar-refractivity contribution in [2.45, 2.75) is 12.8 Å². The van der Waals surface area contributed by atoms with E-state index in [1.54, 1.807) is 12.3 Å². The van der Waals surface area contributed by atoms with Crippen molar-refractivity contribution in [3.05, 3.63) is 27.5 Å². The summed E-state index contributed by atoms with van der Waals surface area (Å²) >= 11 is 9.05. The molecule has 0 fully saturated rings. The Morgan fingerprint density at radius 3 is 3.07 bits per heavy atom. The number of aryl methyl sites for hydroxylation is 1. The summed E-state index contributed by atoms with van der Waals surface area (Å²) < 4.78 is 5.39. The van der Waals surface area contributed by atoms with Crippen LogP contribution in [-0.4, -0.2) is 18.1 Å². The second-order valence-corrected chi connectivity index (χ2v) is 3.92. The van der Waals surface area contributed by atoms with Gasteiger partial charge in [-0.25, -0.2) is 4.98 Å². The molecule has 3 nitrogen and oxygen atoms in total. The van der Waals surface area contributed by atoms with Gasteiger partial charge in [-0.1, -0.05) is 11.6 Å². The third-order valence-corrected chi connectivity index (χ3v) is 2.65. The van der Waals surface area contributed by atoms with Gasteiger partial charge in [0.15, 0.2) is 0 Å². The van der Waals surface area contributed by atoms with E-state index in [1.165, 1.54) is 7.11 Å². The molecule has 1 rings (SSSR count). The Kier molecular flexibility index (Phi) is 4.35. The van der Waals surface area contributed by atoms with Crippen molar-refractivity contribution in [1.29, 1.82) is 0 Å². The summed E-state index contributed by atoms with van der Waals surface area (Å²) in [6.07, 6.45) is 2.56. The summed E-state index contributed by atoms with van der Waals surface area (Å²) in [7, 11) is 1.37. The van der Waals surface area contributed by atoms with E-state index in [9.17, 15) is 4.79 Å². The van der Waals surface area contributed by atoms with Crippen molar-refractivity contribution < 1.29 is 9.53 Å². The molecule has 0 bridgehead atoms. The molecule has 0 aliphatic rings. The Hall–Kier alpha value is -0.610. The molecule has 14 heavy (non-hydrogen) atoms. The quantitative estimate of drug-likeness (QED) is 0.630. The van der Waals surface area contributed by atoms with Gasteiger partial charge in [0.2, 0.25) is 0 Å². The number of nitrogens with zero attached hydrogens (tertiary/aromatic N) is 1. The number of carbonyl (C=O) groups excluding carboxylic acids is 1. The second kappa shape index (κ2) is 5.32. The topological polar surface area (TPSA) is 39.2 Å². The summed E-state index contributed by atoms with van der Waals surface area (Å²) in [6, 6.07) is 1.73. The van der Waals surface area contributed by atoms with Crippen LogP contribution >= 0.6 is 27.5 Å². The van der Waals surface area contributed by atoms with Gasteiger partial charge in [-0.2, -0.15) is 0 Å². The number of pyridine rings is 1. The van der Waals surface area contributed by atoms with Crippen LogP contribution in [0.25, 0.3) is 0 Å². The van der Waals surface area contributed by atoms with E-state index >= 15 is 0 Å². The maximum atomic E-state index is 10.9. The molecule has 0 saturated heterocycles. The van der Waals surface area contributed by atoms with Crippen LogP contribution in [0.2, 0.25) is 5.15 Å². The fraction of sp³-hybridized carbons (Fsp3) is 0.333. The molecular weight excluding hydrogens is 269 g/mol. The van der Waals surface area contributed by atoms with Crippen molar-refractivity contribution in [2.24, 2.45) is 0 Å². The number of aromatic nitrogens is 1. The minimum absolute atomic E-state index is 0.232. The predicted octanol–water partition coefficient (Wildman–Crippen LogP) is 2.60. The Labute approximate surface area is 95.6 Å². The number of carbonyl (C=O) groups is 1. The van der Waals surface area contributed by atoms with Crippen molar-refractivity contribution in [2.75, 3.05) is 7.11 Å². The van der Waals surface area contributed by atoms with Crippen LogP contribution in [0.4, 0.5) is 0 Å². The van der Waals surface area contributed by atoms with E-state index in [4.69, 9.17) is 11.6 Å². The van der Waals surface area contributed by atoms with Crippen molar-refractivity contribution in [3.8, 4) is 0 Å². The zero-order valence-electron chi connectivity index (χ0n) is 7.59.